The molecule has 0 saturated heterocycles. The second-order valence-electron chi connectivity index (χ2n) is 5.70. The van der Waals surface area contributed by atoms with Crippen molar-refractivity contribution in [3.8, 4) is 11.8 Å². The fourth-order valence-corrected chi connectivity index (χ4v) is 1.71. The second-order valence-corrected chi connectivity index (χ2v) is 5.70. The maximum absolute atomic E-state index is 10.1. The minimum Gasteiger partial charge on any atom is -0.507 e. The molecule has 0 bridgehead atoms. The van der Waals surface area contributed by atoms with Crippen molar-refractivity contribution in [2.45, 2.75) is 26.4 Å². The zero-order valence-electron chi connectivity index (χ0n) is 12.7. The lowest BCUT2D eigenvalue weighted by Crippen LogP contribution is -2.18. The van der Waals surface area contributed by atoms with Crippen molar-refractivity contribution < 1.29 is 9.94 Å². The number of hydrogen-bond donors (Lipinski definition) is 1. The number of aromatic hydroxyl groups is 1. The van der Waals surface area contributed by atoms with Crippen molar-refractivity contribution in [2.75, 3.05) is 0 Å². The Morgan fingerprint density at radius 1 is 1.27 bits per heavy atom. The van der Waals surface area contributed by atoms with Crippen LogP contribution in [0.2, 0.25) is 0 Å². The van der Waals surface area contributed by atoms with Crippen LogP contribution in [0.15, 0.2) is 47.8 Å². The van der Waals surface area contributed by atoms with Gasteiger partial charge in [-0.3, -0.25) is 4.98 Å². The van der Waals surface area contributed by atoms with Gasteiger partial charge in [0, 0.05) is 11.8 Å². The van der Waals surface area contributed by atoms with E-state index in [2.05, 4.69) is 10.1 Å². The zero-order valence-corrected chi connectivity index (χ0v) is 12.7. The molecular weight excluding hydrogens is 278 g/mol. The van der Waals surface area contributed by atoms with Gasteiger partial charge in [-0.15, -0.1) is 0 Å². The van der Waals surface area contributed by atoms with Crippen LogP contribution in [0.5, 0.6) is 5.75 Å². The number of benzene rings is 1. The lowest BCUT2D eigenvalue weighted by molar-refractivity contribution is 0.00111. The molecule has 0 saturated carbocycles. The minimum absolute atomic E-state index is 0.0147. The molecule has 0 radical (unpaired) electrons. The van der Waals surface area contributed by atoms with E-state index < -0.39 is 5.60 Å². The van der Waals surface area contributed by atoms with Crippen LogP contribution in [-0.2, 0) is 4.84 Å². The fraction of sp³-hybridized carbons (Fsp3) is 0.235. The molecule has 0 unspecified atom stereocenters. The van der Waals surface area contributed by atoms with Crippen LogP contribution in [0.4, 0.5) is 0 Å². The highest BCUT2D eigenvalue weighted by molar-refractivity contribution is 6.13. The Bertz CT molecular complexity index is 726. The number of phenols is 1. The van der Waals surface area contributed by atoms with E-state index in [4.69, 9.17) is 10.1 Å². The normalized spacial score (nSPS) is 11.8. The highest BCUT2D eigenvalue weighted by Crippen LogP contribution is 2.23. The summed E-state index contributed by atoms with van der Waals surface area (Å²) in [4.78, 5) is 9.73. The molecule has 22 heavy (non-hydrogen) atoms. The van der Waals surface area contributed by atoms with Gasteiger partial charge in [0.25, 0.3) is 0 Å². The Balaban J connectivity index is 2.57. The van der Waals surface area contributed by atoms with E-state index in [1.165, 1.54) is 6.07 Å². The molecule has 1 heterocycles. The van der Waals surface area contributed by atoms with Gasteiger partial charge >= 0.3 is 0 Å². The minimum atomic E-state index is -0.484. The molecule has 1 aromatic heterocycles. The lowest BCUT2D eigenvalue weighted by atomic mass is 10.0. The molecule has 5 heteroatoms. The predicted molar refractivity (Wildman–Crippen MR) is 83.5 cm³/mol. The van der Waals surface area contributed by atoms with Gasteiger partial charge in [-0.2, -0.15) is 5.26 Å². The monoisotopic (exact) mass is 295 g/mol. The summed E-state index contributed by atoms with van der Waals surface area (Å²) in [5.74, 6) is 0.0147. The standard InChI is InChI=1S/C17H17N3O2/c1-17(2,3)22-20-16(14-6-4-5-9-19-14)13-10-12(11-18)7-8-15(13)21/h4-10,21H,1-3H3. The molecule has 0 spiro atoms. The first kappa shape index (κ1) is 15.5. The third-order valence-corrected chi connectivity index (χ3v) is 2.70. The summed E-state index contributed by atoms with van der Waals surface area (Å²) < 4.78 is 0. The molecule has 0 aliphatic carbocycles. The molecule has 0 atom stereocenters. The molecule has 0 fully saturated rings. The van der Waals surface area contributed by atoms with Crippen molar-refractivity contribution >= 4 is 5.71 Å². The van der Waals surface area contributed by atoms with Gasteiger partial charge in [0.15, 0.2) is 0 Å². The Kier molecular flexibility index (Phi) is 4.42. The van der Waals surface area contributed by atoms with Crippen molar-refractivity contribution in [2.24, 2.45) is 5.16 Å². The van der Waals surface area contributed by atoms with Gasteiger partial charge in [0.1, 0.15) is 17.1 Å². The average molecular weight is 295 g/mol. The molecular formula is C17H17N3O2. The molecule has 112 valence electrons. The number of phenolic OH excluding ortho intramolecular Hbond substituents is 1. The van der Waals surface area contributed by atoms with E-state index in [1.807, 2.05) is 32.9 Å². The highest BCUT2D eigenvalue weighted by Gasteiger charge is 2.17. The first-order valence-corrected chi connectivity index (χ1v) is 6.82. The number of hydrogen-bond acceptors (Lipinski definition) is 5. The fourth-order valence-electron chi connectivity index (χ4n) is 1.71. The second kappa shape index (κ2) is 6.27. The molecule has 1 aromatic carbocycles. The van der Waals surface area contributed by atoms with Gasteiger partial charge < -0.3 is 9.94 Å². The summed E-state index contributed by atoms with van der Waals surface area (Å²) in [7, 11) is 0. The maximum atomic E-state index is 10.1. The molecule has 2 aromatic rings. The number of oxime groups is 1. The van der Waals surface area contributed by atoms with E-state index in [1.54, 1.807) is 30.5 Å². The number of nitrogens with zero attached hydrogens (tertiary/aromatic N) is 3. The van der Waals surface area contributed by atoms with Gasteiger partial charge in [-0.05, 0) is 51.1 Å². The van der Waals surface area contributed by atoms with Gasteiger partial charge in [0.05, 0.1) is 17.3 Å². The zero-order chi connectivity index (χ0) is 16.2. The molecule has 5 nitrogen and oxygen atoms in total. The van der Waals surface area contributed by atoms with Crippen molar-refractivity contribution in [3.05, 3.63) is 59.4 Å². The largest absolute Gasteiger partial charge is 0.507 e. The number of nitriles is 1. The smallest absolute Gasteiger partial charge is 0.139 e. The third kappa shape index (κ3) is 3.83. The van der Waals surface area contributed by atoms with Crippen molar-refractivity contribution in [3.63, 3.8) is 0 Å². The number of pyridine rings is 1. The Hall–Kier alpha value is -2.87. The number of rotatable bonds is 3. The first-order chi connectivity index (χ1) is 10.4. The summed E-state index contributed by atoms with van der Waals surface area (Å²) in [5.41, 5.74) is 1.28. The number of aromatic nitrogens is 1. The van der Waals surface area contributed by atoms with E-state index >= 15 is 0 Å². The lowest BCUT2D eigenvalue weighted by Gasteiger charge is -2.17. The first-order valence-electron chi connectivity index (χ1n) is 6.82. The molecule has 0 amide bonds. The van der Waals surface area contributed by atoms with Crippen LogP contribution in [0.1, 0.15) is 37.6 Å². The van der Waals surface area contributed by atoms with Crippen LogP contribution in [-0.4, -0.2) is 21.4 Å². The van der Waals surface area contributed by atoms with E-state index in [0.717, 1.165) is 0 Å². The Morgan fingerprint density at radius 3 is 2.64 bits per heavy atom. The average Bonchev–Trinajstić information content (AvgIpc) is 2.49. The van der Waals surface area contributed by atoms with Gasteiger partial charge in [-0.1, -0.05) is 11.2 Å². The molecule has 2 rings (SSSR count). The summed E-state index contributed by atoms with van der Waals surface area (Å²) in [6, 6.07) is 12.0. The van der Waals surface area contributed by atoms with Gasteiger partial charge in [-0.25, -0.2) is 0 Å². The third-order valence-electron chi connectivity index (χ3n) is 2.70. The van der Waals surface area contributed by atoms with Crippen LogP contribution >= 0.6 is 0 Å². The van der Waals surface area contributed by atoms with Crippen LogP contribution in [0, 0.1) is 11.3 Å². The van der Waals surface area contributed by atoms with E-state index in [9.17, 15) is 5.11 Å². The van der Waals surface area contributed by atoms with Gasteiger partial charge in [0.2, 0.25) is 0 Å². The van der Waals surface area contributed by atoms with Crippen LogP contribution in [0.3, 0.4) is 0 Å². The SMILES string of the molecule is CC(C)(C)ON=C(c1ccccn1)c1cc(C#N)ccc1O. The summed E-state index contributed by atoms with van der Waals surface area (Å²) >= 11 is 0. The molecule has 0 aliphatic heterocycles. The maximum Gasteiger partial charge on any atom is 0.139 e. The predicted octanol–water partition coefficient (Wildman–Crippen LogP) is 3.23. The summed E-state index contributed by atoms with van der Waals surface area (Å²) in [5, 5.41) is 23.3. The van der Waals surface area contributed by atoms with Crippen LogP contribution in [0.25, 0.3) is 0 Å². The summed E-state index contributed by atoms with van der Waals surface area (Å²) in [6.45, 7) is 5.62. The Morgan fingerprint density at radius 2 is 2.05 bits per heavy atom. The molecule has 1 N–H and O–H groups in total. The van der Waals surface area contributed by atoms with Crippen molar-refractivity contribution in [1.82, 2.24) is 4.98 Å². The molecule has 0 aliphatic rings. The highest BCUT2D eigenvalue weighted by atomic mass is 16.6. The van der Waals surface area contributed by atoms with Crippen molar-refractivity contribution in [1.29, 1.82) is 5.26 Å². The topological polar surface area (TPSA) is 78.5 Å². The Labute approximate surface area is 129 Å². The van der Waals surface area contributed by atoms with E-state index in [-0.39, 0.29) is 5.75 Å². The van der Waals surface area contributed by atoms with E-state index in [0.29, 0.717) is 22.5 Å². The summed E-state index contributed by atoms with van der Waals surface area (Å²) in [6.07, 6.45) is 1.63. The van der Waals surface area contributed by atoms with Crippen LogP contribution < -0.4 is 0 Å². The quantitative estimate of drug-likeness (QED) is 0.696.